The van der Waals surface area contributed by atoms with E-state index >= 15 is 0 Å². The number of benzene rings is 1. The molecule has 2 aromatic heterocycles. The van der Waals surface area contributed by atoms with E-state index in [1.54, 1.807) is 0 Å². The summed E-state index contributed by atoms with van der Waals surface area (Å²) >= 11 is 6.29. The molecule has 0 unspecified atom stereocenters. The maximum atomic E-state index is 13.5. The minimum atomic E-state index is -2.63. The zero-order valence-electron chi connectivity index (χ0n) is 15.5. The molecular weight excluding hydrogens is 424 g/mol. The van der Waals surface area contributed by atoms with Gasteiger partial charge in [-0.25, -0.2) is 27.3 Å². The molecule has 2 heterocycles. The topological polar surface area (TPSA) is 69.8 Å². The van der Waals surface area contributed by atoms with Crippen LogP contribution in [0.15, 0.2) is 30.6 Å². The molecule has 5 nitrogen and oxygen atoms in total. The maximum absolute atomic E-state index is 13.5. The molecule has 0 atom stereocenters. The Kier molecular flexibility index (Phi) is 5.31. The van der Waals surface area contributed by atoms with Crippen molar-refractivity contribution in [3.8, 4) is 0 Å². The number of anilines is 2. The number of urea groups is 1. The molecule has 0 bridgehead atoms. The van der Waals surface area contributed by atoms with Crippen molar-refractivity contribution in [2.45, 2.75) is 37.5 Å². The highest BCUT2D eigenvalue weighted by atomic mass is 35.5. The Balaban J connectivity index is 1.44. The van der Waals surface area contributed by atoms with Crippen LogP contribution >= 0.6 is 11.6 Å². The van der Waals surface area contributed by atoms with Crippen molar-refractivity contribution in [1.82, 2.24) is 9.97 Å². The Bertz CT molecular complexity index is 1110. The SMILES string of the molecule is O=C(Nc1cc(Cl)c(C2CCC(F)(F)CC2)cn1)Nc1c[nH]c2cc(F)c(F)cc12. The quantitative estimate of drug-likeness (QED) is 0.411. The van der Waals surface area contributed by atoms with E-state index in [4.69, 9.17) is 11.6 Å². The van der Waals surface area contributed by atoms with Gasteiger partial charge in [-0.2, -0.15) is 0 Å². The van der Waals surface area contributed by atoms with Gasteiger partial charge < -0.3 is 10.3 Å². The summed E-state index contributed by atoms with van der Waals surface area (Å²) in [6.45, 7) is 0. The van der Waals surface area contributed by atoms with Crippen LogP contribution in [-0.4, -0.2) is 21.9 Å². The Hall–Kier alpha value is -2.81. The maximum Gasteiger partial charge on any atom is 0.324 e. The third-order valence-electron chi connectivity index (χ3n) is 5.25. The number of hydrogen-bond donors (Lipinski definition) is 3. The molecule has 2 amide bonds. The smallest absolute Gasteiger partial charge is 0.324 e. The standard InChI is InChI=1S/C20H17ClF4N4O/c21-13-6-18(27-8-12(13)10-1-3-20(24,25)4-2-10)29-19(30)28-17-9-26-16-7-15(23)14(22)5-11(16)17/h5-10,26H,1-4H2,(H2,27,28,29,30). The number of carbonyl (C=O) groups is 1. The molecule has 3 aromatic rings. The van der Waals surface area contributed by atoms with Gasteiger partial charge in [0.1, 0.15) is 5.82 Å². The Morgan fingerprint density at radius 2 is 1.83 bits per heavy atom. The molecule has 1 fully saturated rings. The van der Waals surface area contributed by atoms with Crippen molar-refractivity contribution >= 4 is 40.0 Å². The van der Waals surface area contributed by atoms with Crippen LogP contribution in [0.25, 0.3) is 10.9 Å². The number of nitrogens with one attached hydrogen (secondary N) is 3. The second-order valence-corrected chi connectivity index (χ2v) is 7.72. The minimum absolute atomic E-state index is 0.103. The number of nitrogens with zero attached hydrogens (tertiary/aromatic N) is 1. The van der Waals surface area contributed by atoms with Gasteiger partial charge in [-0.15, -0.1) is 0 Å². The number of halogens is 5. The second-order valence-electron chi connectivity index (χ2n) is 7.31. The molecule has 0 spiro atoms. The van der Waals surface area contributed by atoms with E-state index in [1.807, 2.05) is 0 Å². The van der Waals surface area contributed by atoms with Crippen molar-refractivity contribution in [3.63, 3.8) is 0 Å². The molecule has 0 aliphatic heterocycles. The molecule has 0 radical (unpaired) electrons. The fourth-order valence-corrected chi connectivity index (χ4v) is 3.96. The molecular formula is C20H17ClF4N4O. The first kappa shape index (κ1) is 20.5. The average molecular weight is 441 g/mol. The molecule has 1 saturated carbocycles. The third kappa shape index (κ3) is 4.21. The molecule has 1 aromatic carbocycles. The van der Waals surface area contributed by atoms with Gasteiger partial charge in [0.05, 0.1) is 11.2 Å². The van der Waals surface area contributed by atoms with Gasteiger partial charge in [-0.1, -0.05) is 11.6 Å². The first-order valence-electron chi connectivity index (χ1n) is 9.29. The van der Waals surface area contributed by atoms with Crippen LogP contribution in [0.1, 0.15) is 37.2 Å². The van der Waals surface area contributed by atoms with E-state index in [0.717, 1.165) is 12.1 Å². The molecule has 4 rings (SSSR count). The fraction of sp³-hybridized carbons (Fsp3) is 0.300. The number of aromatic nitrogens is 2. The minimum Gasteiger partial charge on any atom is -0.359 e. The molecule has 0 saturated heterocycles. The van der Waals surface area contributed by atoms with Gasteiger partial charge >= 0.3 is 6.03 Å². The fourth-order valence-electron chi connectivity index (χ4n) is 3.65. The van der Waals surface area contributed by atoms with Gasteiger partial charge in [-0.3, -0.25) is 5.32 Å². The van der Waals surface area contributed by atoms with Crippen LogP contribution < -0.4 is 10.6 Å². The number of pyridine rings is 1. The van der Waals surface area contributed by atoms with Gasteiger partial charge in [0.15, 0.2) is 11.6 Å². The zero-order chi connectivity index (χ0) is 21.5. The number of rotatable bonds is 3. The highest BCUT2D eigenvalue weighted by Gasteiger charge is 2.36. The van der Waals surface area contributed by atoms with Crippen LogP contribution in [0.3, 0.4) is 0 Å². The Labute approximate surface area is 173 Å². The first-order valence-corrected chi connectivity index (χ1v) is 9.67. The summed E-state index contributed by atoms with van der Waals surface area (Å²) in [6.07, 6.45) is 3.15. The van der Waals surface area contributed by atoms with Crippen LogP contribution in [0.4, 0.5) is 33.9 Å². The Morgan fingerprint density at radius 3 is 2.53 bits per heavy atom. The van der Waals surface area contributed by atoms with Crippen molar-refractivity contribution in [1.29, 1.82) is 0 Å². The van der Waals surface area contributed by atoms with Crippen molar-refractivity contribution in [3.05, 3.63) is 52.8 Å². The zero-order valence-corrected chi connectivity index (χ0v) is 16.3. The van der Waals surface area contributed by atoms with Crippen LogP contribution in [-0.2, 0) is 0 Å². The summed E-state index contributed by atoms with van der Waals surface area (Å²) in [5, 5.41) is 5.68. The predicted octanol–water partition coefficient (Wildman–Crippen LogP) is 6.43. The number of alkyl halides is 2. The average Bonchev–Trinajstić information content (AvgIpc) is 3.04. The number of amides is 2. The van der Waals surface area contributed by atoms with Gasteiger partial charge in [0.25, 0.3) is 0 Å². The number of carbonyl (C=O) groups excluding carboxylic acids is 1. The molecule has 1 aliphatic rings. The lowest BCUT2D eigenvalue weighted by atomic mass is 9.83. The highest BCUT2D eigenvalue weighted by molar-refractivity contribution is 6.31. The van der Waals surface area contributed by atoms with Crippen molar-refractivity contribution < 1.29 is 22.4 Å². The second kappa shape index (κ2) is 7.79. The van der Waals surface area contributed by atoms with E-state index in [1.165, 1.54) is 18.5 Å². The van der Waals surface area contributed by atoms with Gasteiger partial charge in [0, 0.05) is 41.7 Å². The number of hydrogen-bond acceptors (Lipinski definition) is 2. The predicted molar refractivity (Wildman–Crippen MR) is 106 cm³/mol. The van der Waals surface area contributed by atoms with E-state index in [9.17, 15) is 22.4 Å². The summed E-state index contributed by atoms with van der Waals surface area (Å²) in [5.74, 6) is -4.60. The molecule has 3 N–H and O–H groups in total. The van der Waals surface area contributed by atoms with Crippen LogP contribution in [0, 0.1) is 11.6 Å². The Morgan fingerprint density at radius 1 is 1.13 bits per heavy atom. The summed E-state index contributed by atoms with van der Waals surface area (Å²) < 4.78 is 53.5. The van der Waals surface area contributed by atoms with E-state index in [2.05, 4.69) is 20.6 Å². The van der Waals surface area contributed by atoms with Crippen LogP contribution in [0.2, 0.25) is 5.02 Å². The molecule has 158 valence electrons. The summed E-state index contributed by atoms with van der Waals surface area (Å²) in [4.78, 5) is 19.2. The largest absolute Gasteiger partial charge is 0.359 e. The van der Waals surface area contributed by atoms with E-state index in [-0.39, 0.29) is 30.3 Å². The summed E-state index contributed by atoms with van der Waals surface area (Å²) in [6, 6.07) is 2.77. The third-order valence-corrected chi connectivity index (χ3v) is 5.58. The molecule has 10 heteroatoms. The van der Waals surface area contributed by atoms with Crippen molar-refractivity contribution in [2.75, 3.05) is 10.6 Å². The van der Waals surface area contributed by atoms with Gasteiger partial charge in [-0.05, 0) is 36.5 Å². The van der Waals surface area contributed by atoms with Crippen molar-refractivity contribution in [2.24, 2.45) is 0 Å². The number of fused-ring (bicyclic) bond motifs is 1. The van der Waals surface area contributed by atoms with Gasteiger partial charge in [0.2, 0.25) is 5.92 Å². The van der Waals surface area contributed by atoms with E-state index in [0.29, 0.717) is 34.3 Å². The summed E-state index contributed by atoms with van der Waals surface area (Å²) in [7, 11) is 0. The van der Waals surface area contributed by atoms with Crippen LogP contribution in [0.5, 0.6) is 0 Å². The lowest BCUT2D eigenvalue weighted by Crippen LogP contribution is -2.24. The lowest BCUT2D eigenvalue weighted by molar-refractivity contribution is -0.0382. The number of H-pyrrole nitrogens is 1. The van der Waals surface area contributed by atoms with E-state index < -0.39 is 23.6 Å². The number of aromatic amines is 1. The highest BCUT2D eigenvalue weighted by Crippen LogP contribution is 2.42. The molecule has 1 aliphatic carbocycles. The monoisotopic (exact) mass is 440 g/mol. The summed E-state index contributed by atoms with van der Waals surface area (Å²) in [5.41, 5.74) is 1.26. The normalized spacial score (nSPS) is 16.6. The lowest BCUT2D eigenvalue weighted by Gasteiger charge is -2.28. The molecule has 30 heavy (non-hydrogen) atoms. The first-order chi connectivity index (χ1) is 14.2.